The molecule has 0 radical (unpaired) electrons. The average molecular weight is 455 g/mol. The smallest absolute Gasteiger partial charge is 0.234 e. The SMILES string of the molecule is O=C(C(c1ccccc1)c1ccccc1)N1CCOC(COc2ccc(-n3cncn3)cc2)C1. The van der Waals surface area contributed by atoms with Gasteiger partial charge >= 0.3 is 0 Å². The summed E-state index contributed by atoms with van der Waals surface area (Å²) < 4.78 is 13.6. The van der Waals surface area contributed by atoms with Gasteiger partial charge in [-0.3, -0.25) is 4.79 Å². The van der Waals surface area contributed by atoms with Crippen LogP contribution >= 0.6 is 0 Å². The number of benzene rings is 3. The summed E-state index contributed by atoms with van der Waals surface area (Å²) >= 11 is 0. The molecule has 1 atom stereocenters. The first-order chi connectivity index (χ1) is 16.8. The predicted molar refractivity (Wildman–Crippen MR) is 128 cm³/mol. The van der Waals surface area contributed by atoms with Crippen LogP contribution in [0.4, 0.5) is 0 Å². The molecule has 172 valence electrons. The lowest BCUT2D eigenvalue weighted by atomic mass is 9.90. The minimum absolute atomic E-state index is 0.0860. The molecule has 3 aromatic carbocycles. The molecule has 1 aliphatic rings. The Balaban J connectivity index is 1.24. The van der Waals surface area contributed by atoms with Crippen molar-refractivity contribution >= 4 is 5.91 Å². The zero-order valence-electron chi connectivity index (χ0n) is 18.7. The van der Waals surface area contributed by atoms with Crippen molar-refractivity contribution in [2.75, 3.05) is 26.3 Å². The molecule has 1 unspecified atom stereocenters. The van der Waals surface area contributed by atoms with Gasteiger partial charge in [0, 0.05) is 6.54 Å². The topological polar surface area (TPSA) is 69.5 Å². The Morgan fingerprint density at radius 1 is 0.971 bits per heavy atom. The van der Waals surface area contributed by atoms with Crippen molar-refractivity contribution in [3.05, 3.63) is 109 Å². The highest BCUT2D eigenvalue weighted by atomic mass is 16.5. The summed E-state index contributed by atoms with van der Waals surface area (Å²) in [7, 11) is 0. The van der Waals surface area contributed by atoms with Crippen LogP contribution in [0.15, 0.2) is 97.6 Å². The summed E-state index contributed by atoms with van der Waals surface area (Å²) in [6.45, 7) is 1.92. The van der Waals surface area contributed by atoms with Crippen LogP contribution in [0.5, 0.6) is 5.75 Å². The number of aromatic nitrogens is 3. The summed E-state index contributed by atoms with van der Waals surface area (Å²) in [4.78, 5) is 19.5. The number of hydrogen-bond donors (Lipinski definition) is 0. The Kier molecular flexibility index (Phi) is 6.63. The molecule has 0 aliphatic carbocycles. The summed E-state index contributed by atoms with van der Waals surface area (Å²) in [5.41, 5.74) is 2.89. The highest BCUT2D eigenvalue weighted by Gasteiger charge is 2.31. The van der Waals surface area contributed by atoms with Gasteiger partial charge in [-0.15, -0.1) is 0 Å². The van der Waals surface area contributed by atoms with Crippen LogP contribution in [0, 0.1) is 0 Å². The second-order valence-corrected chi connectivity index (χ2v) is 8.18. The lowest BCUT2D eigenvalue weighted by Gasteiger charge is -2.35. The molecule has 2 heterocycles. The second-order valence-electron chi connectivity index (χ2n) is 8.18. The van der Waals surface area contributed by atoms with Crippen molar-refractivity contribution in [3.8, 4) is 11.4 Å². The van der Waals surface area contributed by atoms with Gasteiger partial charge in [0.25, 0.3) is 0 Å². The van der Waals surface area contributed by atoms with Gasteiger partial charge in [-0.05, 0) is 35.4 Å². The van der Waals surface area contributed by atoms with Crippen LogP contribution < -0.4 is 4.74 Å². The molecule has 0 saturated carbocycles. The Bertz CT molecular complexity index is 1140. The highest BCUT2D eigenvalue weighted by Crippen LogP contribution is 2.28. The largest absolute Gasteiger partial charge is 0.491 e. The molecule has 5 rings (SSSR count). The molecule has 1 aromatic heterocycles. The molecule has 7 heteroatoms. The maximum Gasteiger partial charge on any atom is 0.234 e. The van der Waals surface area contributed by atoms with Gasteiger partial charge in [-0.25, -0.2) is 9.67 Å². The molecule has 1 aliphatic heterocycles. The van der Waals surface area contributed by atoms with Crippen molar-refractivity contribution in [3.63, 3.8) is 0 Å². The van der Waals surface area contributed by atoms with Gasteiger partial charge in [0.2, 0.25) is 5.91 Å². The fourth-order valence-corrected chi connectivity index (χ4v) is 4.20. The molecule has 34 heavy (non-hydrogen) atoms. The third-order valence-electron chi connectivity index (χ3n) is 5.92. The molecule has 7 nitrogen and oxygen atoms in total. The van der Waals surface area contributed by atoms with Crippen LogP contribution in [-0.2, 0) is 9.53 Å². The van der Waals surface area contributed by atoms with E-state index < -0.39 is 0 Å². The minimum Gasteiger partial charge on any atom is -0.491 e. The molecule has 1 saturated heterocycles. The molecule has 0 bridgehead atoms. The van der Waals surface area contributed by atoms with E-state index in [9.17, 15) is 4.79 Å². The van der Waals surface area contributed by atoms with E-state index in [1.54, 1.807) is 11.0 Å². The number of carbonyl (C=O) groups is 1. The fraction of sp³-hybridized carbons (Fsp3) is 0.222. The summed E-state index contributed by atoms with van der Waals surface area (Å²) in [5.74, 6) is 0.483. The van der Waals surface area contributed by atoms with Gasteiger partial charge in [-0.2, -0.15) is 5.10 Å². The standard InChI is InChI=1S/C27H26N4O3/c32-27(26(21-7-3-1-4-8-21)22-9-5-2-6-10-22)30-15-16-33-25(17-30)18-34-24-13-11-23(12-14-24)31-20-28-19-29-31/h1-14,19-20,25-26H,15-18H2. The Hall–Kier alpha value is -3.97. The highest BCUT2D eigenvalue weighted by molar-refractivity contribution is 5.87. The normalized spacial score (nSPS) is 15.9. The van der Waals surface area contributed by atoms with Crippen molar-refractivity contribution < 1.29 is 14.3 Å². The van der Waals surface area contributed by atoms with E-state index in [1.807, 2.05) is 89.8 Å². The van der Waals surface area contributed by atoms with Gasteiger partial charge in [0.15, 0.2) is 0 Å². The maximum absolute atomic E-state index is 13.7. The van der Waals surface area contributed by atoms with Gasteiger partial charge in [0.05, 0.1) is 24.8 Å². The molecule has 1 amide bonds. The number of morpholine rings is 1. The van der Waals surface area contributed by atoms with Crippen molar-refractivity contribution in [1.82, 2.24) is 19.7 Å². The van der Waals surface area contributed by atoms with E-state index in [1.165, 1.54) is 6.33 Å². The third-order valence-corrected chi connectivity index (χ3v) is 5.92. The monoisotopic (exact) mass is 454 g/mol. The summed E-state index contributed by atoms with van der Waals surface area (Å²) in [5, 5.41) is 4.13. The van der Waals surface area contributed by atoms with Crippen LogP contribution in [-0.4, -0.2) is 58.0 Å². The molecule has 4 aromatic rings. The van der Waals surface area contributed by atoms with Crippen LogP contribution in [0.1, 0.15) is 17.0 Å². The lowest BCUT2D eigenvalue weighted by molar-refractivity contribution is -0.140. The fourth-order valence-electron chi connectivity index (χ4n) is 4.20. The molecule has 0 spiro atoms. The van der Waals surface area contributed by atoms with E-state index in [2.05, 4.69) is 10.1 Å². The van der Waals surface area contributed by atoms with Gasteiger partial charge < -0.3 is 14.4 Å². The predicted octanol–water partition coefficient (Wildman–Crippen LogP) is 3.71. The average Bonchev–Trinajstić information content (AvgIpc) is 3.45. The van der Waals surface area contributed by atoms with Crippen molar-refractivity contribution in [1.29, 1.82) is 0 Å². The number of rotatable bonds is 7. The van der Waals surface area contributed by atoms with Crippen LogP contribution in [0.2, 0.25) is 0 Å². The molecule has 0 N–H and O–H groups in total. The zero-order valence-corrected chi connectivity index (χ0v) is 18.7. The number of nitrogens with zero attached hydrogens (tertiary/aromatic N) is 4. The first-order valence-electron chi connectivity index (χ1n) is 11.4. The summed E-state index contributed by atoms with van der Waals surface area (Å²) in [6.07, 6.45) is 2.95. The van der Waals surface area contributed by atoms with E-state index in [0.29, 0.717) is 26.3 Å². The summed E-state index contributed by atoms with van der Waals surface area (Å²) in [6, 6.07) is 27.5. The van der Waals surface area contributed by atoms with Crippen LogP contribution in [0.3, 0.4) is 0 Å². The number of amides is 1. The molecule has 1 fully saturated rings. The Morgan fingerprint density at radius 2 is 1.65 bits per heavy atom. The Morgan fingerprint density at radius 3 is 2.26 bits per heavy atom. The second kappa shape index (κ2) is 10.3. The number of carbonyl (C=O) groups excluding carboxylic acids is 1. The number of ether oxygens (including phenoxy) is 2. The minimum atomic E-state index is -0.341. The maximum atomic E-state index is 13.7. The zero-order chi connectivity index (χ0) is 23.2. The van der Waals surface area contributed by atoms with Gasteiger partial charge in [-0.1, -0.05) is 60.7 Å². The van der Waals surface area contributed by atoms with Crippen LogP contribution in [0.25, 0.3) is 5.69 Å². The molecular weight excluding hydrogens is 428 g/mol. The van der Waals surface area contributed by atoms with Crippen molar-refractivity contribution in [2.24, 2.45) is 0 Å². The van der Waals surface area contributed by atoms with Gasteiger partial charge in [0.1, 0.15) is 31.1 Å². The first kappa shape index (κ1) is 21.9. The van der Waals surface area contributed by atoms with E-state index in [0.717, 1.165) is 22.6 Å². The lowest BCUT2D eigenvalue weighted by Crippen LogP contribution is -2.49. The van der Waals surface area contributed by atoms with Crippen molar-refractivity contribution in [2.45, 2.75) is 12.0 Å². The van der Waals surface area contributed by atoms with E-state index >= 15 is 0 Å². The van der Waals surface area contributed by atoms with E-state index in [4.69, 9.17) is 9.47 Å². The molecular formula is C27H26N4O3. The van der Waals surface area contributed by atoms with E-state index in [-0.39, 0.29) is 17.9 Å². The quantitative estimate of drug-likeness (QED) is 0.426. The number of hydrogen-bond acceptors (Lipinski definition) is 5. The first-order valence-corrected chi connectivity index (χ1v) is 11.4. The third kappa shape index (κ3) is 5.00. The Labute approximate surface area is 198 Å².